The third-order valence-corrected chi connectivity index (χ3v) is 10.4. The molecule has 6 aliphatic rings. The quantitative estimate of drug-likeness (QED) is 0.481. The summed E-state index contributed by atoms with van der Waals surface area (Å²) in [5, 5.41) is 0. The maximum atomic E-state index is 13.6. The SMILES string of the molecule is CC(C)(C)C1C2CC(C(=O)OC3(C)C4CC5CC(C4)CC3C5)C(C2)C1C(C)(C)C. The van der Waals surface area contributed by atoms with Gasteiger partial charge in [0.15, 0.2) is 0 Å². The van der Waals surface area contributed by atoms with Crippen molar-refractivity contribution in [3.63, 3.8) is 0 Å². The zero-order chi connectivity index (χ0) is 20.9. The minimum Gasteiger partial charge on any atom is -0.459 e. The van der Waals surface area contributed by atoms with E-state index in [4.69, 9.17) is 4.74 Å². The summed E-state index contributed by atoms with van der Waals surface area (Å²) in [5.74, 6) is 6.01. The summed E-state index contributed by atoms with van der Waals surface area (Å²) in [6.45, 7) is 16.8. The van der Waals surface area contributed by atoms with Crippen LogP contribution in [0.25, 0.3) is 0 Å². The van der Waals surface area contributed by atoms with Crippen molar-refractivity contribution in [1.82, 2.24) is 0 Å². The standard InChI is InChI=1S/C27H44O2/c1-25(2,3)22-17-13-20(23(22)26(4,5)6)21(14-17)24(28)29-27(7)18-9-15-8-16(11-18)12-19(27)10-15/h15-23H,8-14H2,1-7H3. The minimum atomic E-state index is -0.174. The molecule has 0 aromatic heterocycles. The Bertz CT molecular complexity index is 650. The molecule has 0 N–H and O–H groups in total. The Morgan fingerprint density at radius 2 is 1.28 bits per heavy atom. The van der Waals surface area contributed by atoms with Crippen molar-refractivity contribution in [3.05, 3.63) is 0 Å². The van der Waals surface area contributed by atoms with Crippen LogP contribution in [0.1, 0.15) is 93.4 Å². The van der Waals surface area contributed by atoms with Crippen molar-refractivity contribution in [2.45, 2.75) is 99.0 Å². The number of esters is 1. The summed E-state index contributed by atoms with van der Waals surface area (Å²) in [7, 11) is 0. The zero-order valence-corrected chi connectivity index (χ0v) is 20.0. The first-order chi connectivity index (χ1) is 13.4. The van der Waals surface area contributed by atoms with Crippen LogP contribution in [0.4, 0.5) is 0 Å². The second-order valence-corrected chi connectivity index (χ2v) is 14.2. The predicted octanol–water partition coefficient (Wildman–Crippen LogP) is 6.73. The Morgan fingerprint density at radius 3 is 1.76 bits per heavy atom. The van der Waals surface area contributed by atoms with Gasteiger partial charge in [-0.25, -0.2) is 0 Å². The number of hydrogen-bond acceptors (Lipinski definition) is 2. The van der Waals surface area contributed by atoms with Gasteiger partial charge in [-0.2, -0.15) is 0 Å². The van der Waals surface area contributed by atoms with E-state index in [-0.39, 0.29) is 22.9 Å². The van der Waals surface area contributed by atoms with Crippen LogP contribution >= 0.6 is 0 Å². The Kier molecular flexibility index (Phi) is 4.40. The van der Waals surface area contributed by atoms with Gasteiger partial charge in [0.1, 0.15) is 5.60 Å². The third-order valence-electron chi connectivity index (χ3n) is 10.4. The number of rotatable bonds is 2. The molecule has 0 aromatic carbocycles. The number of ether oxygens (including phenoxy) is 1. The molecule has 2 heteroatoms. The Labute approximate surface area is 178 Å². The van der Waals surface area contributed by atoms with Crippen molar-refractivity contribution < 1.29 is 9.53 Å². The summed E-state index contributed by atoms with van der Waals surface area (Å²) >= 11 is 0. The van der Waals surface area contributed by atoms with Gasteiger partial charge in [0.2, 0.25) is 0 Å². The molecular formula is C27H44O2. The van der Waals surface area contributed by atoms with Crippen molar-refractivity contribution in [1.29, 1.82) is 0 Å². The summed E-state index contributed by atoms with van der Waals surface area (Å²) in [6, 6.07) is 0. The normalized spacial score (nSPS) is 50.9. The lowest BCUT2D eigenvalue weighted by Crippen LogP contribution is -2.58. The molecule has 5 atom stereocenters. The van der Waals surface area contributed by atoms with Crippen molar-refractivity contribution in [2.24, 2.45) is 64.1 Å². The van der Waals surface area contributed by atoms with Crippen LogP contribution in [0, 0.1) is 64.1 Å². The van der Waals surface area contributed by atoms with Crippen molar-refractivity contribution >= 4 is 5.97 Å². The van der Waals surface area contributed by atoms with Crippen LogP contribution in [0.5, 0.6) is 0 Å². The molecule has 0 aromatic rings. The fourth-order valence-corrected chi connectivity index (χ4v) is 9.64. The molecule has 29 heavy (non-hydrogen) atoms. The second-order valence-electron chi connectivity index (χ2n) is 14.2. The van der Waals surface area contributed by atoms with E-state index in [1.54, 1.807) is 0 Å². The molecule has 6 bridgehead atoms. The van der Waals surface area contributed by atoms with Crippen LogP contribution in [0.3, 0.4) is 0 Å². The van der Waals surface area contributed by atoms with Crippen LogP contribution in [0.2, 0.25) is 0 Å². The molecule has 164 valence electrons. The monoisotopic (exact) mass is 400 g/mol. The highest BCUT2D eigenvalue weighted by Gasteiger charge is 2.62. The van der Waals surface area contributed by atoms with Crippen LogP contribution in [0.15, 0.2) is 0 Å². The number of hydrogen-bond donors (Lipinski definition) is 0. The fraction of sp³-hybridized carbons (Fsp3) is 0.963. The number of fused-ring (bicyclic) bond motifs is 2. The Morgan fingerprint density at radius 1 is 0.759 bits per heavy atom. The first-order valence-corrected chi connectivity index (χ1v) is 12.6. The Hall–Kier alpha value is -0.530. The van der Waals surface area contributed by atoms with Gasteiger partial charge in [0, 0.05) is 0 Å². The largest absolute Gasteiger partial charge is 0.459 e. The van der Waals surface area contributed by atoms with Crippen LogP contribution in [-0.2, 0) is 9.53 Å². The molecule has 0 spiro atoms. The van der Waals surface area contributed by atoms with Gasteiger partial charge in [-0.15, -0.1) is 0 Å². The summed E-state index contributed by atoms with van der Waals surface area (Å²) in [6.07, 6.45) is 9.01. The molecule has 6 saturated carbocycles. The molecule has 0 heterocycles. The van der Waals surface area contributed by atoms with E-state index in [0.717, 1.165) is 24.2 Å². The molecular weight excluding hydrogens is 356 g/mol. The summed E-state index contributed by atoms with van der Waals surface area (Å²) < 4.78 is 6.59. The smallest absolute Gasteiger partial charge is 0.309 e. The van der Waals surface area contributed by atoms with E-state index in [1.165, 1.54) is 38.5 Å². The van der Waals surface area contributed by atoms with Gasteiger partial charge < -0.3 is 4.74 Å². The highest BCUT2D eigenvalue weighted by atomic mass is 16.6. The molecule has 5 unspecified atom stereocenters. The van der Waals surface area contributed by atoms with E-state index in [2.05, 4.69) is 48.5 Å². The van der Waals surface area contributed by atoms with Crippen molar-refractivity contribution in [3.8, 4) is 0 Å². The van der Waals surface area contributed by atoms with Gasteiger partial charge in [-0.3, -0.25) is 4.79 Å². The van der Waals surface area contributed by atoms with Gasteiger partial charge in [-0.1, -0.05) is 41.5 Å². The van der Waals surface area contributed by atoms with Crippen LogP contribution in [-0.4, -0.2) is 11.6 Å². The minimum absolute atomic E-state index is 0.150. The van der Waals surface area contributed by atoms with Crippen LogP contribution < -0.4 is 0 Å². The van der Waals surface area contributed by atoms with Gasteiger partial charge in [0.25, 0.3) is 0 Å². The van der Waals surface area contributed by atoms with E-state index in [9.17, 15) is 4.79 Å². The molecule has 6 rings (SSSR count). The lowest BCUT2D eigenvalue weighted by molar-refractivity contribution is -0.210. The molecule has 0 radical (unpaired) electrons. The molecule has 0 amide bonds. The van der Waals surface area contributed by atoms with E-state index < -0.39 is 0 Å². The first kappa shape index (κ1) is 20.4. The maximum Gasteiger partial charge on any atom is 0.309 e. The van der Waals surface area contributed by atoms with E-state index in [1.807, 2.05) is 0 Å². The summed E-state index contributed by atoms with van der Waals surface area (Å²) in [4.78, 5) is 13.6. The molecule has 2 nitrogen and oxygen atoms in total. The predicted molar refractivity (Wildman–Crippen MR) is 117 cm³/mol. The highest BCUT2D eigenvalue weighted by molar-refractivity contribution is 5.74. The topological polar surface area (TPSA) is 26.3 Å². The average Bonchev–Trinajstić information content (AvgIpc) is 3.17. The van der Waals surface area contributed by atoms with E-state index >= 15 is 0 Å². The molecule has 0 aliphatic heterocycles. The highest BCUT2D eigenvalue weighted by Crippen LogP contribution is 2.65. The zero-order valence-electron chi connectivity index (χ0n) is 20.0. The second kappa shape index (κ2) is 6.26. The molecule has 0 saturated heterocycles. The molecule has 6 fully saturated rings. The van der Waals surface area contributed by atoms with Gasteiger partial charge in [0.05, 0.1) is 5.92 Å². The number of carbonyl (C=O) groups excluding carboxylic acids is 1. The molecule has 6 aliphatic carbocycles. The van der Waals surface area contributed by atoms with E-state index in [0.29, 0.717) is 35.0 Å². The maximum absolute atomic E-state index is 13.6. The van der Waals surface area contributed by atoms with Gasteiger partial charge >= 0.3 is 5.97 Å². The third kappa shape index (κ3) is 3.05. The average molecular weight is 401 g/mol. The fourth-order valence-electron chi connectivity index (χ4n) is 9.64. The number of carbonyl (C=O) groups is 1. The first-order valence-electron chi connectivity index (χ1n) is 12.6. The van der Waals surface area contributed by atoms with Gasteiger partial charge in [-0.05, 0) is 110 Å². The Balaban J connectivity index is 1.35. The lowest BCUT2D eigenvalue weighted by Gasteiger charge is -2.59. The van der Waals surface area contributed by atoms with Crippen molar-refractivity contribution in [2.75, 3.05) is 0 Å². The summed E-state index contributed by atoms with van der Waals surface area (Å²) in [5.41, 5.74) is 0.398. The lowest BCUT2D eigenvalue weighted by atomic mass is 9.50.